The van der Waals surface area contributed by atoms with Crippen LogP contribution in [0, 0.1) is 23.7 Å². The Bertz CT molecular complexity index is 613. The van der Waals surface area contributed by atoms with E-state index in [9.17, 15) is 4.79 Å². The van der Waals surface area contributed by atoms with Crippen molar-refractivity contribution in [3.8, 4) is 5.75 Å². The lowest BCUT2D eigenvalue weighted by atomic mass is 9.60. The van der Waals surface area contributed by atoms with E-state index >= 15 is 0 Å². The number of nitrogens with zero attached hydrogens (tertiary/aromatic N) is 1. The minimum atomic E-state index is 0.143. The van der Waals surface area contributed by atoms with E-state index in [2.05, 4.69) is 12.1 Å². The molecule has 0 unspecified atom stereocenters. The van der Waals surface area contributed by atoms with Gasteiger partial charge >= 0.3 is 0 Å². The fourth-order valence-electron chi connectivity index (χ4n) is 5.16. The van der Waals surface area contributed by atoms with Crippen LogP contribution in [0.3, 0.4) is 0 Å². The summed E-state index contributed by atoms with van der Waals surface area (Å²) in [5.41, 5.74) is 1.17. The molecule has 3 saturated heterocycles. The number of ether oxygens (including phenoxy) is 2. The summed E-state index contributed by atoms with van der Waals surface area (Å²) in [6.07, 6.45) is 3.16. The van der Waals surface area contributed by atoms with Crippen molar-refractivity contribution in [3.63, 3.8) is 0 Å². The van der Waals surface area contributed by atoms with E-state index in [0.29, 0.717) is 30.4 Å². The number of carbonyl (C=O) groups is 1. The summed E-state index contributed by atoms with van der Waals surface area (Å²) in [7, 11) is 1.67. The summed E-state index contributed by atoms with van der Waals surface area (Å²) in [5, 5.41) is 0. The standard InChI is InChI=1S/C18H21NO3/c1-21-11-4-2-10(3-5-11)8-19-9-14-15(18(19)20)17-13-7-6-12(13)16(14)22-17/h2-5,12-17H,6-9H2,1H3/t12-,13+,14+,15-,16-,17+/m1/s1. The van der Waals surface area contributed by atoms with Crippen molar-refractivity contribution in [3.05, 3.63) is 29.8 Å². The molecule has 22 heavy (non-hydrogen) atoms. The van der Waals surface area contributed by atoms with Crippen molar-refractivity contribution in [2.75, 3.05) is 13.7 Å². The molecular formula is C18H21NO3. The predicted octanol–water partition coefficient (Wildman–Crippen LogP) is 2.08. The molecule has 1 amide bonds. The van der Waals surface area contributed by atoms with Gasteiger partial charge in [-0.15, -0.1) is 0 Å². The van der Waals surface area contributed by atoms with Crippen molar-refractivity contribution in [2.24, 2.45) is 23.7 Å². The van der Waals surface area contributed by atoms with Gasteiger partial charge in [0.25, 0.3) is 0 Å². The number of methoxy groups -OCH3 is 1. The Hall–Kier alpha value is -1.55. The van der Waals surface area contributed by atoms with E-state index in [4.69, 9.17) is 9.47 Å². The third-order valence-electron chi connectivity index (χ3n) is 6.34. The zero-order chi connectivity index (χ0) is 14.8. The molecule has 0 radical (unpaired) electrons. The Labute approximate surface area is 130 Å². The fourth-order valence-corrected chi connectivity index (χ4v) is 5.16. The fraction of sp³-hybridized carbons (Fsp3) is 0.611. The maximum Gasteiger partial charge on any atom is 0.229 e. The van der Waals surface area contributed by atoms with Gasteiger partial charge in [0.05, 0.1) is 25.2 Å². The molecule has 116 valence electrons. The van der Waals surface area contributed by atoms with E-state index in [0.717, 1.165) is 18.2 Å². The maximum atomic E-state index is 12.8. The highest BCUT2D eigenvalue weighted by atomic mass is 16.5. The van der Waals surface area contributed by atoms with Crippen LogP contribution in [0.4, 0.5) is 0 Å². The number of hydrogen-bond acceptors (Lipinski definition) is 3. The predicted molar refractivity (Wildman–Crippen MR) is 80.3 cm³/mol. The van der Waals surface area contributed by atoms with Crippen LogP contribution in [0.25, 0.3) is 0 Å². The van der Waals surface area contributed by atoms with E-state index in [1.807, 2.05) is 17.0 Å². The maximum absolute atomic E-state index is 12.8. The molecule has 4 nitrogen and oxygen atoms in total. The molecule has 1 aromatic carbocycles. The highest BCUT2D eigenvalue weighted by Gasteiger charge is 2.67. The van der Waals surface area contributed by atoms with E-state index in [1.54, 1.807) is 7.11 Å². The first-order chi connectivity index (χ1) is 10.8. The number of likely N-dealkylation sites (tertiary alicyclic amines) is 1. The Morgan fingerprint density at radius 3 is 2.55 bits per heavy atom. The Kier molecular flexibility index (Phi) is 2.63. The average molecular weight is 299 g/mol. The Morgan fingerprint density at radius 1 is 1.14 bits per heavy atom. The number of fused-ring (bicyclic) bond motifs is 8. The second kappa shape index (κ2) is 4.48. The summed E-state index contributed by atoms with van der Waals surface area (Å²) < 4.78 is 11.4. The van der Waals surface area contributed by atoms with Gasteiger partial charge in [0.2, 0.25) is 5.91 Å². The van der Waals surface area contributed by atoms with Crippen LogP contribution >= 0.6 is 0 Å². The van der Waals surface area contributed by atoms with Gasteiger partial charge in [-0.2, -0.15) is 0 Å². The van der Waals surface area contributed by atoms with Crippen LogP contribution in [0.15, 0.2) is 24.3 Å². The monoisotopic (exact) mass is 299 g/mol. The summed E-state index contributed by atoms with van der Waals surface area (Å²) >= 11 is 0. The van der Waals surface area contributed by atoms with E-state index in [1.165, 1.54) is 18.4 Å². The molecule has 1 aliphatic carbocycles. The molecule has 1 saturated carbocycles. The molecule has 6 atom stereocenters. The number of carbonyl (C=O) groups excluding carboxylic acids is 1. The molecule has 1 aromatic rings. The molecule has 0 spiro atoms. The van der Waals surface area contributed by atoms with Gasteiger partial charge < -0.3 is 14.4 Å². The lowest BCUT2D eigenvalue weighted by Gasteiger charge is -2.40. The first-order valence-electron chi connectivity index (χ1n) is 8.33. The molecule has 2 bridgehead atoms. The number of amides is 1. The van der Waals surface area contributed by atoms with Crippen molar-refractivity contribution in [1.82, 2.24) is 4.90 Å². The third-order valence-corrected chi connectivity index (χ3v) is 6.34. The Balaban J connectivity index is 1.34. The Morgan fingerprint density at radius 2 is 1.86 bits per heavy atom. The van der Waals surface area contributed by atoms with Crippen LogP contribution in [0.1, 0.15) is 18.4 Å². The lowest BCUT2D eigenvalue weighted by Crippen LogP contribution is -2.45. The molecule has 3 aliphatic heterocycles. The molecule has 4 aliphatic rings. The highest BCUT2D eigenvalue weighted by Crippen LogP contribution is 2.60. The quantitative estimate of drug-likeness (QED) is 0.858. The van der Waals surface area contributed by atoms with Crippen LogP contribution < -0.4 is 4.74 Å². The van der Waals surface area contributed by atoms with Crippen LogP contribution in [0.5, 0.6) is 5.75 Å². The van der Waals surface area contributed by atoms with Gasteiger partial charge in [0.1, 0.15) is 5.75 Å². The van der Waals surface area contributed by atoms with Crippen LogP contribution in [-0.2, 0) is 16.1 Å². The lowest BCUT2D eigenvalue weighted by molar-refractivity contribution is -0.134. The van der Waals surface area contributed by atoms with Gasteiger partial charge in [0.15, 0.2) is 0 Å². The van der Waals surface area contributed by atoms with Crippen molar-refractivity contribution < 1.29 is 14.3 Å². The average Bonchev–Trinajstić information content (AvgIpc) is 3.07. The van der Waals surface area contributed by atoms with Crippen LogP contribution in [-0.4, -0.2) is 36.7 Å². The molecular weight excluding hydrogens is 278 g/mol. The van der Waals surface area contributed by atoms with E-state index < -0.39 is 0 Å². The molecule has 4 heteroatoms. The van der Waals surface area contributed by atoms with Gasteiger partial charge in [-0.25, -0.2) is 0 Å². The number of hydrogen-bond donors (Lipinski definition) is 0. The second-order valence-electron chi connectivity index (χ2n) is 7.23. The SMILES string of the molecule is COc1ccc(CN2C[C@@H]3[C@@H]4O[C@@H]([C@H]5CC[C@H]54)[C@@H]3C2=O)cc1. The van der Waals surface area contributed by atoms with Gasteiger partial charge in [-0.05, 0) is 42.4 Å². The summed E-state index contributed by atoms with van der Waals surface area (Å²) in [4.78, 5) is 14.8. The zero-order valence-corrected chi connectivity index (χ0v) is 12.8. The normalized spacial score (nSPS) is 41.3. The smallest absolute Gasteiger partial charge is 0.229 e. The van der Waals surface area contributed by atoms with Crippen molar-refractivity contribution >= 4 is 5.91 Å². The van der Waals surface area contributed by atoms with E-state index in [-0.39, 0.29) is 12.0 Å². The topological polar surface area (TPSA) is 38.8 Å². The largest absolute Gasteiger partial charge is 0.497 e. The third kappa shape index (κ3) is 1.59. The first kappa shape index (κ1) is 12.9. The molecule has 4 fully saturated rings. The molecule has 0 aromatic heterocycles. The highest BCUT2D eigenvalue weighted by molar-refractivity contribution is 5.83. The van der Waals surface area contributed by atoms with Crippen LogP contribution in [0.2, 0.25) is 0 Å². The number of rotatable bonds is 3. The van der Waals surface area contributed by atoms with Gasteiger partial charge in [0, 0.05) is 19.0 Å². The number of benzene rings is 1. The minimum absolute atomic E-state index is 0.143. The van der Waals surface area contributed by atoms with Gasteiger partial charge in [-0.1, -0.05) is 12.1 Å². The summed E-state index contributed by atoms with van der Waals surface area (Å²) in [5.74, 6) is 3.19. The van der Waals surface area contributed by atoms with Crippen molar-refractivity contribution in [2.45, 2.75) is 31.6 Å². The second-order valence-corrected chi connectivity index (χ2v) is 7.23. The molecule has 0 N–H and O–H groups in total. The molecule has 3 heterocycles. The zero-order valence-electron chi connectivity index (χ0n) is 12.8. The van der Waals surface area contributed by atoms with Crippen molar-refractivity contribution in [1.29, 1.82) is 0 Å². The van der Waals surface area contributed by atoms with Gasteiger partial charge in [-0.3, -0.25) is 4.79 Å². The summed E-state index contributed by atoms with van der Waals surface area (Å²) in [6, 6.07) is 8.03. The minimum Gasteiger partial charge on any atom is -0.497 e. The summed E-state index contributed by atoms with van der Waals surface area (Å²) in [6.45, 7) is 1.59. The first-order valence-corrected chi connectivity index (χ1v) is 8.33. The molecule has 5 rings (SSSR count).